The van der Waals surface area contributed by atoms with Crippen molar-refractivity contribution >= 4 is 5.91 Å². The van der Waals surface area contributed by atoms with Gasteiger partial charge in [0.15, 0.2) is 6.10 Å². The highest BCUT2D eigenvalue weighted by molar-refractivity contribution is 5.81. The van der Waals surface area contributed by atoms with E-state index in [0.717, 1.165) is 25.0 Å². The maximum Gasteiger partial charge on any atom is 0.254 e. The molecule has 2 aliphatic rings. The molecule has 0 aromatic heterocycles. The SMILES string of the molecule is O=C([C@H]1COCCO1)N(Cc1ccccc1)C[C@@H]1CCCO1. The molecule has 5 nitrogen and oxygen atoms in total. The highest BCUT2D eigenvalue weighted by Crippen LogP contribution is 2.17. The largest absolute Gasteiger partial charge is 0.376 e. The number of carbonyl (C=O) groups is 1. The smallest absolute Gasteiger partial charge is 0.254 e. The van der Waals surface area contributed by atoms with Crippen molar-refractivity contribution in [3.63, 3.8) is 0 Å². The second-order valence-electron chi connectivity index (χ2n) is 5.77. The third-order valence-electron chi connectivity index (χ3n) is 4.07. The number of ether oxygens (including phenoxy) is 3. The molecule has 1 aromatic rings. The average Bonchev–Trinajstić information content (AvgIpc) is 3.08. The van der Waals surface area contributed by atoms with Gasteiger partial charge in [0.1, 0.15) is 0 Å². The van der Waals surface area contributed by atoms with Crippen LogP contribution in [0.1, 0.15) is 18.4 Å². The van der Waals surface area contributed by atoms with Gasteiger partial charge in [-0.25, -0.2) is 0 Å². The Bertz CT molecular complexity index is 467. The normalized spacial score (nSPS) is 25.1. The first-order valence-electron chi connectivity index (χ1n) is 7.96. The topological polar surface area (TPSA) is 48.0 Å². The van der Waals surface area contributed by atoms with Crippen LogP contribution in [0.2, 0.25) is 0 Å². The van der Waals surface area contributed by atoms with Gasteiger partial charge < -0.3 is 19.1 Å². The average molecular weight is 305 g/mol. The minimum atomic E-state index is -0.487. The van der Waals surface area contributed by atoms with E-state index in [-0.39, 0.29) is 12.0 Å². The molecule has 2 atom stereocenters. The predicted octanol–water partition coefficient (Wildman–Crippen LogP) is 1.61. The van der Waals surface area contributed by atoms with Crippen LogP contribution in [0.3, 0.4) is 0 Å². The molecule has 0 N–H and O–H groups in total. The van der Waals surface area contributed by atoms with Crippen molar-refractivity contribution in [1.29, 1.82) is 0 Å². The number of benzene rings is 1. The summed E-state index contributed by atoms with van der Waals surface area (Å²) in [6, 6.07) is 10.0. The molecule has 2 saturated heterocycles. The summed E-state index contributed by atoms with van der Waals surface area (Å²) in [6.45, 7) is 3.38. The Kier molecular flexibility index (Phi) is 5.43. The van der Waals surface area contributed by atoms with E-state index < -0.39 is 6.10 Å². The Morgan fingerprint density at radius 1 is 1.14 bits per heavy atom. The molecule has 0 radical (unpaired) electrons. The first-order chi connectivity index (χ1) is 10.8. The molecule has 22 heavy (non-hydrogen) atoms. The monoisotopic (exact) mass is 305 g/mol. The summed E-state index contributed by atoms with van der Waals surface area (Å²) in [5.41, 5.74) is 1.12. The lowest BCUT2D eigenvalue weighted by atomic mass is 10.1. The Balaban J connectivity index is 1.67. The van der Waals surface area contributed by atoms with Crippen LogP contribution in [-0.4, -0.2) is 56.0 Å². The number of rotatable bonds is 5. The van der Waals surface area contributed by atoms with E-state index in [1.807, 2.05) is 35.2 Å². The zero-order chi connectivity index (χ0) is 15.2. The van der Waals surface area contributed by atoms with Crippen molar-refractivity contribution in [2.24, 2.45) is 0 Å². The molecule has 0 bridgehead atoms. The quantitative estimate of drug-likeness (QED) is 0.829. The summed E-state index contributed by atoms with van der Waals surface area (Å²) in [7, 11) is 0. The zero-order valence-corrected chi connectivity index (χ0v) is 12.8. The van der Waals surface area contributed by atoms with Crippen LogP contribution in [0.25, 0.3) is 0 Å². The molecule has 1 aromatic carbocycles. The summed E-state index contributed by atoms with van der Waals surface area (Å²) in [6.07, 6.45) is 1.73. The van der Waals surface area contributed by atoms with Crippen molar-refractivity contribution in [2.75, 3.05) is 33.0 Å². The summed E-state index contributed by atoms with van der Waals surface area (Å²) in [4.78, 5) is 14.6. The number of hydrogen-bond donors (Lipinski definition) is 0. The van der Waals surface area contributed by atoms with Gasteiger partial charge in [-0.3, -0.25) is 4.79 Å². The van der Waals surface area contributed by atoms with Crippen molar-refractivity contribution in [3.05, 3.63) is 35.9 Å². The number of amides is 1. The van der Waals surface area contributed by atoms with Crippen LogP contribution < -0.4 is 0 Å². The van der Waals surface area contributed by atoms with Gasteiger partial charge in [0.25, 0.3) is 5.91 Å². The predicted molar refractivity (Wildman–Crippen MR) is 81.4 cm³/mol. The summed E-state index contributed by atoms with van der Waals surface area (Å²) in [5.74, 6) is -0.000877. The van der Waals surface area contributed by atoms with Gasteiger partial charge in [0, 0.05) is 19.7 Å². The molecule has 5 heteroatoms. The molecule has 0 saturated carbocycles. The van der Waals surface area contributed by atoms with E-state index >= 15 is 0 Å². The minimum Gasteiger partial charge on any atom is -0.376 e. The summed E-state index contributed by atoms with van der Waals surface area (Å²) >= 11 is 0. The van der Waals surface area contributed by atoms with Crippen LogP contribution in [0.5, 0.6) is 0 Å². The molecule has 120 valence electrons. The fraction of sp³-hybridized carbons (Fsp3) is 0.588. The minimum absolute atomic E-state index is 0.000877. The Labute approximate surface area is 131 Å². The Morgan fingerprint density at radius 2 is 2.00 bits per heavy atom. The van der Waals surface area contributed by atoms with Crippen LogP contribution >= 0.6 is 0 Å². The van der Waals surface area contributed by atoms with Gasteiger partial charge >= 0.3 is 0 Å². The molecule has 2 aliphatic heterocycles. The standard InChI is InChI=1S/C17H23NO4/c19-17(16-13-20-9-10-22-16)18(12-15-7-4-8-21-15)11-14-5-2-1-3-6-14/h1-3,5-6,15-16H,4,7-13H2/t15-,16+/m0/s1. The summed E-state index contributed by atoms with van der Waals surface area (Å²) in [5, 5.41) is 0. The van der Waals surface area contributed by atoms with E-state index in [4.69, 9.17) is 14.2 Å². The highest BCUT2D eigenvalue weighted by Gasteiger charge is 2.30. The number of carbonyl (C=O) groups excluding carboxylic acids is 1. The fourth-order valence-electron chi connectivity index (χ4n) is 2.90. The molecule has 1 amide bonds. The van der Waals surface area contributed by atoms with Crippen molar-refractivity contribution in [1.82, 2.24) is 4.90 Å². The highest BCUT2D eigenvalue weighted by atomic mass is 16.6. The van der Waals surface area contributed by atoms with Crippen LogP contribution in [0, 0.1) is 0 Å². The molecule has 0 spiro atoms. The van der Waals surface area contributed by atoms with Crippen molar-refractivity contribution in [3.8, 4) is 0 Å². The molecular formula is C17H23NO4. The van der Waals surface area contributed by atoms with E-state index in [2.05, 4.69) is 0 Å². The molecule has 0 unspecified atom stereocenters. The van der Waals surface area contributed by atoms with Gasteiger partial charge in [0.2, 0.25) is 0 Å². The van der Waals surface area contributed by atoms with E-state index in [9.17, 15) is 4.79 Å². The molecular weight excluding hydrogens is 282 g/mol. The number of hydrogen-bond acceptors (Lipinski definition) is 4. The maximum atomic E-state index is 12.8. The fourth-order valence-corrected chi connectivity index (χ4v) is 2.90. The Morgan fingerprint density at radius 3 is 2.68 bits per heavy atom. The third-order valence-corrected chi connectivity index (χ3v) is 4.07. The van der Waals surface area contributed by atoms with Gasteiger partial charge in [-0.05, 0) is 18.4 Å². The van der Waals surface area contributed by atoms with Crippen LogP contribution in [-0.2, 0) is 25.5 Å². The second kappa shape index (κ2) is 7.72. The van der Waals surface area contributed by atoms with E-state index in [1.54, 1.807) is 0 Å². The first kappa shape index (κ1) is 15.5. The van der Waals surface area contributed by atoms with Gasteiger partial charge in [-0.2, -0.15) is 0 Å². The van der Waals surface area contributed by atoms with Gasteiger partial charge in [-0.1, -0.05) is 30.3 Å². The van der Waals surface area contributed by atoms with Crippen molar-refractivity contribution < 1.29 is 19.0 Å². The Hall–Kier alpha value is -1.43. The zero-order valence-electron chi connectivity index (χ0n) is 12.8. The number of nitrogens with zero attached hydrogens (tertiary/aromatic N) is 1. The van der Waals surface area contributed by atoms with E-state index in [1.165, 1.54) is 0 Å². The lowest BCUT2D eigenvalue weighted by Crippen LogP contribution is -2.47. The first-order valence-corrected chi connectivity index (χ1v) is 7.96. The van der Waals surface area contributed by atoms with Gasteiger partial charge in [0.05, 0.1) is 25.9 Å². The molecule has 3 rings (SSSR count). The molecule has 2 fully saturated rings. The van der Waals surface area contributed by atoms with Crippen molar-refractivity contribution in [2.45, 2.75) is 31.6 Å². The van der Waals surface area contributed by atoms with Gasteiger partial charge in [-0.15, -0.1) is 0 Å². The summed E-state index contributed by atoms with van der Waals surface area (Å²) < 4.78 is 16.6. The van der Waals surface area contributed by atoms with Crippen LogP contribution in [0.4, 0.5) is 0 Å². The second-order valence-corrected chi connectivity index (χ2v) is 5.77. The molecule has 2 heterocycles. The van der Waals surface area contributed by atoms with Crippen LogP contribution in [0.15, 0.2) is 30.3 Å². The lowest BCUT2D eigenvalue weighted by Gasteiger charge is -2.31. The van der Waals surface area contributed by atoms with E-state index in [0.29, 0.717) is 32.9 Å². The third kappa shape index (κ3) is 4.06. The molecule has 0 aliphatic carbocycles. The maximum absolute atomic E-state index is 12.8. The lowest BCUT2D eigenvalue weighted by molar-refractivity contribution is -0.160.